The molecule has 1 unspecified atom stereocenters. The zero-order valence-electron chi connectivity index (χ0n) is 10.7. The maximum atomic E-state index is 5.41. The summed E-state index contributed by atoms with van der Waals surface area (Å²) in [4.78, 5) is 8.03. The van der Waals surface area contributed by atoms with Crippen LogP contribution in [0.4, 0.5) is 0 Å². The van der Waals surface area contributed by atoms with Crippen molar-refractivity contribution in [1.29, 1.82) is 0 Å². The molecule has 0 aliphatic carbocycles. The Morgan fingerprint density at radius 2 is 2.39 bits per heavy atom. The van der Waals surface area contributed by atoms with Crippen molar-refractivity contribution in [3.05, 3.63) is 29.9 Å². The van der Waals surface area contributed by atoms with E-state index in [-0.39, 0.29) is 0 Å². The summed E-state index contributed by atoms with van der Waals surface area (Å²) >= 11 is 0. The van der Waals surface area contributed by atoms with E-state index < -0.39 is 0 Å². The van der Waals surface area contributed by atoms with Crippen molar-refractivity contribution in [3.63, 3.8) is 0 Å². The van der Waals surface area contributed by atoms with E-state index in [0.29, 0.717) is 6.04 Å². The molecule has 1 aliphatic heterocycles. The van der Waals surface area contributed by atoms with E-state index in [1.54, 1.807) is 6.26 Å². The minimum atomic E-state index is 0.564. The molecule has 2 N–H and O–H groups in total. The first-order valence-electron chi connectivity index (χ1n) is 6.65. The van der Waals surface area contributed by atoms with Crippen LogP contribution in [0.5, 0.6) is 0 Å². The fourth-order valence-corrected chi connectivity index (χ4v) is 2.60. The lowest BCUT2D eigenvalue weighted by atomic mass is 10.0. The van der Waals surface area contributed by atoms with Gasteiger partial charge in [-0.05, 0) is 38.4 Å². The van der Waals surface area contributed by atoms with E-state index in [0.717, 1.165) is 35.9 Å². The van der Waals surface area contributed by atoms with Crippen molar-refractivity contribution in [2.24, 2.45) is 0 Å². The molecule has 0 spiro atoms. The van der Waals surface area contributed by atoms with Crippen molar-refractivity contribution in [3.8, 4) is 11.5 Å². The van der Waals surface area contributed by atoms with Gasteiger partial charge in [0.25, 0.3) is 0 Å². The molecule has 0 bridgehead atoms. The molecule has 0 aromatic carbocycles. The predicted molar refractivity (Wildman–Crippen MR) is 70.4 cm³/mol. The number of H-pyrrole nitrogens is 1. The molecule has 4 heteroatoms. The van der Waals surface area contributed by atoms with Gasteiger partial charge in [0.2, 0.25) is 0 Å². The molecule has 4 nitrogen and oxygen atoms in total. The van der Waals surface area contributed by atoms with Gasteiger partial charge >= 0.3 is 0 Å². The number of aromatic nitrogens is 2. The van der Waals surface area contributed by atoms with Crippen LogP contribution in [0, 0.1) is 6.92 Å². The zero-order valence-corrected chi connectivity index (χ0v) is 10.7. The Morgan fingerprint density at radius 3 is 3.11 bits per heavy atom. The summed E-state index contributed by atoms with van der Waals surface area (Å²) in [6.45, 7) is 3.18. The second-order valence-electron chi connectivity index (χ2n) is 4.99. The molecule has 0 amide bonds. The Labute approximate surface area is 107 Å². The Balaban J connectivity index is 1.75. The first kappa shape index (κ1) is 11.5. The van der Waals surface area contributed by atoms with Gasteiger partial charge in [-0.2, -0.15) is 0 Å². The summed E-state index contributed by atoms with van der Waals surface area (Å²) in [5.74, 6) is 1.89. The molecule has 0 radical (unpaired) electrons. The van der Waals surface area contributed by atoms with E-state index >= 15 is 0 Å². The van der Waals surface area contributed by atoms with Crippen LogP contribution in [-0.2, 0) is 6.42 Å². The van der Waals surface area contributed by atoms with Gasteiger partial charge in [0.1, 0.15) is 11.5 Å². The number of nitrogens with zero attached hydrogens (tertiary/aromatic N) is 1. The molecule has 1 fully saturated rings. The lowest BCUT2D eigenvalue weighted by Crippen LogP contribution is -2.35. The number of aryl methyl sites for hydroxylation is 1. The quantitative estimate of drug-likeness (QED) is 0.874. The van der Waals surface area contributed by atoms with Crippen LogP contribution in [0.2, 0.25) is 0 Å². The standard InChI is InChI=1S/C14H19N3O/c1-10-14(12-6-4-8-18-12)17-13(16-10)9-11-5-2-3-7-15-11/h4,6,8,11,15H,2-3,5,7,9H2,1H3,(H,16,17). The van der Waals surface area contributed by atoms with E-state index in [4.69, 9.17) is 4.42 Å². The van der Waals surface area contributed by atoms with E-state index in [2.05, 4.69) is 15.3 Å². The molecular formula is C14H19N3O. The van der Waals surface area contributed by atoms with Crippen LogP contribution in [0.15, 0.2) is 22.8 Å². The smallest absolute Gasteiger partial charge is 0.154 e. The lowest BCUT2D eigenvalue weighted by Gasteiger charge is -2.22. The average molecular weight is 245 g/mol. The summed E-state index contributed by atoms with van der Waals surface area (Å²) in [6, 6.07) is 4.41. The monoisotopic (exact) mass is 245 g/mol. The number of furan rings is 1. The van der Waals surface area contributed by atoms with Gasteiger partial charge in [-0.3, -0.25) is 0 Å². The number of piperidine rings is 1. The van der Waals surface area contributed by atoms with Gasteiger partial charge < -0.3 is 14.7 Å². The SMILES string of the molecule is Cc1[nH]c(CC2CCCCN2)nc1-c1ccco1. The van der Waals surface area contributed by atoms with Gasteiger partial charge in [0.15, 0.2) is 5.76 Å². The number of nitrogens with one attached hydrogen (secondary N) is 2. The second kappa shape index (κ2) is 4.98. The Bertz CT molecular complexity index is 495. The van der Waals surface area contributed by atoms with Gasteiger partial charge in [-0.1, -0.05) is 6.42 Å². The number of rotatable bonds is 3. The van der Waals surface area contributed by atoms with E-state index in [9.17, 15) is 0 Å². The molecule has 2 aromatic rings. The minimum absolute atomic E-state index is 0.564. The van der Waals surface area contributed by atoms with Crippen LogP contribution in [0.25, 0.3) is 11.5 Å². The van der Waals surface area contributed by atoms with Gasteiger partial charge in [0, 0.05) is 18.2 Å². The Hall–Kier alpha value is -1.55. The lowest BCUT2D eigenvalue weighted by molar-refractivity contribution is 0.395. The first-order chi connectivity index (χ1) is 8.83. The molecule has 3 rings (SSSR count). The summed E-state index contributed by atoms with van der Waals surface area (Å²) < 4.78 is 5.41. The maximum absolute atomic E-state index is 5.41. The van der Waals surface area contributed by atoms with Crippen LogP contribution in [0.1, 0.15) is 30.8 Å². The van der Waals surface area contributed by atoms with Crippen molar-refractivity contribution in [2.75, 3.05) is 6.54 Å². The molecule has 3 heterocycles. The second-order valence-corrected chi connectivity index (χ2v) is 4.99. The molecule has 2 aromatic heterocycles. The highest BCUT2D eigenvalue weighted by atomic mass is 16.3. The fraction of sp³-hybridized carbons (Fsp3) is 0.500. The molecule has 96 valence electrons. The first-order valence-corrected chi connectivity index (χ1v) is 6.65. The maximum Gasteiger partial charge on any atom is 0.154 e. The fourth-order valence-electron chi connectivity index (χ4n) is 2.60. The molecule has 18 heavy (non-hydrogen) atoms. The van der Waals surface area contributed by atoms with Crippen LogP contribution >= 0.6 is 0 Å². The molecule has 0 saturated carbocycles. The third-order valence-corrected chi connectivity index (χ3v) is 3.54. The van der Waals surface area contributed by atoms with Gasteiger partial charge in [-0.15, -0.1) is 0 Å². The van der Waals surface area contributed by atoms with Gasteiger partial charge in [-0.25, -0.2) is 4.98 Å². The number of hydrogen-bond donors (Lipinski definition) is 2. The number of hydrogen-bond acceptors (Lipinski definition) is 3. The average Bonchev–Trinajstić information content (AvgIpc) is 3.00. The van der Waals surface area contributed by atoms with E-state index in [1.165, 1.54) is 19.3 Å². The summed E-state index contributed by atoms with van der Waals surface area (Å²) in [5.41, 5.74) is 2.02. The highest BCUT2D eigenvalue weighted by molar-refractivity contribution is 5.55. The van der Waals surface area contributed by atoms with Crippen molar-refractivity contribution >= 4 is 0 Å². The topological polar surface area (TPSA) is 53.9 Å². The summed E-state index contributed by atoms with van der Waals surface area (Å²) in [6.07, 6.45) is 6.52. The third-order valence-electron chi connectivity index (χ3n) is 3.54. The van der Waals surface area contributed by atoms with Crippen molar-refractivity contribution in [2.45, 2.75) is 38.6 Å². The zero-order chi connectivity index (χ0) is 12.4. The van der Waals surface area contributed by atoms with Crippen molar-refractivity contribution in [1.82, 2.24) is 15.3 Å². The van der Waals surface area contributed by atoms with Crippen LogP contribution in [-0.4, -0.2) is 22.6 Å². The minimum Gasteiger partial charge on any atom is -0.463 e. The molecule has 1 atom stereocenters. The Kier molecular flexibility index (Phi) is 3.19. The predicted octanol–water partition coefficient (Wildman–Crippen LogP) is 2.66. The van der Waals surface area contributed by atoms with E-state index in [1.807, 2.05) is 19.1 Å². The van der Waals surface area contributed by atoms with Gasteiger partial charge in [0.05, 0.1) is 6.26 Å². The Morgan fingerprint density at radius 1 is 1.44 bits per heavy atom. The molecule has 1 saturated heterocycles. The number of aromatic amines is 1. The summed E-state index contributed by atoms with van der Waals surface area (Å²) in [7, 11) is 0. The normalized spacial score (nSPS) is 20.2. The largest absolute Gasteiger partial charge is 0.463 e. The molecular weight excluding hydrogens is 226 g/mol. The third kappa shape index (κ3) is 2.34. The summed E-state index contributed by atoms with van der Waals surface area (Å²) in [5, 5.41) is 3.55. The molecule has 1 aliphatic rings. The highest BCUT2D eigenvalue weighted by Crippen LogP contribution is 2.22. The number of imidazole rings is 1. The van der Waals surface area contributed by atoms with Crippen molar-refractivity contribution < 1.29 is 4.42 Å². The highest BCUT2D eigenvalue weighted by Gasteiger charge is 2.17. The van der Waals surface area contributed by atoms with Crippen LogP contribution in [0.3, 0.4) is 0 Å². The van der Waals surface area contributed by atoms with Crippen LogP contribution < -0.4 is 5.32 Å².